The van der Waals surface area contributed by atoms with Crippen molar-refractivity contribution < 1.29 is 33.6 Å². The third-order valence-electron chi connectivity index (χ3n) is 7.24. The lowest BCUT2D eigenvalue weighted by atomic mass is 10.0. The number of carbonyl (C=O) groups excluding carboxylic acids is 1. The molecule has 1 fully saturated rings. The van der Waals surface area contributed by atoms with Gasteiger partial charge in [0.05, 0.1) is 20.3 Å². The lowest BCUT2D eigenvalue weighted by molar-refractivity contribution is -0.0951. The number of hydrogen-bond donors (Lipinski definition) is 3. The molecule has 10 nitrogen and oxygen atoms in total. The number of benzene rings is 3. The highest BCUT2D eigenvalue weighted by Crippen LogP contribution is 2.34. The molecule has 0 bridgehead atoms. The zero-order valence-electron chi connectivity index (χ0n) is 23.2. The Labute approximate surface area is 236 Å². The number of hydrogen-bond acceptors (Lipinski definition) is 9. The number of likely N-dealkylation sites (N-methyl/N-ethyl adjacent to an activating group) is 1. The molecule has 1 aromatic heterocycles. The van der Waals surface area contributed by atoms with Crippen molar-refractivity contribution >= 4 is 22.6 Å². The van der Waals surface area contributed by atoms with Gasteiger partial charge in [-0.2, -0.15) is 0 Å². The Hall–Kier alpha value is -4.38. The number of ether oxygens (including phenoxy) is 3. The van der Waals surface area contributed by atoms with Crippen LogP contribution in [0.4, 0.5) is 5.69 Å². The molecule has 3 aromatic carbocycles. The first-order chi connectivity index (χ1) is 19.7. The van der Waals surface area contributed by atoms with Crippen molar-refractivity contribution in [2.45, 2.75) is 25.2 Å². The van der Waals surface area contributed by atoms with E-state index in [2.05, 4.69) is 5.32 Å². The van der Waals surface area contributed by atoms with Gasteiger partial charge in [-0.3, -0.25) is 9.69 Å². The molecule has 10 heteroatoms. The average Bonchev–Trinajstić information content (AvgIpc) is 2.97. The Morgan fingerprint density at radius 1 is 1.00 bits per heavy atom. The van der Waals surface area contributed by atoms with E-state index in [9.17, 15) is 19.8 Å². The van der Waals surface area contributed by atoms with Gasteiger partial charge in [-0.05, 0) is 68.1 Å². The first-order valence-electron chi connectivity index (χ1n) is 13.1. The highest BCUT2D eigenvalue weighted by atomic mass is 16.5. The Bertz CT molecular complexity index is 1650. The molecule has 0 spiro atoms. The number of piperidine rings is 1. The fraction of sp³-hybridized carbons (Fsp3) is 0.290. The number of nitrogens with zero attached hydrogens (tertiary/aromatic N) is 1. The van der Waals surface area contributed by atoms with Crippen LogP contribution >= 0.6 is 0 Å². The minimum absolute atomic E-state index is 0.0123. The summed E-state index contributed by atoms with van der Waals surface area (Å²) in [5.74, 6) is 1.17. The summed E-state index contributed by atoms with van der Waals surface area (Å²) >= 11 is 0. The fourth-order valence-corrected chi connectivity index (χ4v) is 5.02. The van der Waals surface area contributed by atoms with Crippen LogP contribution < -0.4 is 25.2 Å². The number of aliphatic hydroxyl groups excluding tert-OH is 2. The van der Waals surface area contributed by atoms with Crippen LogP contribution in [0.5, 0.6) is 17.2 Å². The number of nitrogens with one attached hydrogen (secondary N) is 1. The second-order valence-corrected chi connectivity index (χ2v) is 10.1. The van der Waals surface area contributed by atoms with E-state index < -0.39 is 29.8 Å². The summed E-state index contributed by atoms with van der Waals surface area (Å²) in [7, 11) is 4.96. The van der Waals surface area contributed by atoms with Gasteiger partial charge < -0.3 is 34.2 Å². The maximum atomic E-state index is 13.2. The number of amides is 1. The Morgan fingerprint density at radius 2 is 1.78 bits per heavy atom. The van der Waals surface area contributed by atoms with Crippen molar-refractivity contribution in [3.63, 3.8) is 0 Å². The molecule has 3 atom stereocenters. The molecule has 41 heavy (non-hydrogen) atoms. The zero-order chi connectivity index (χ0) is 29.3. The van der Waals surface area contributed by atoms with Crippen molar-refractivity contribution in [2.75, 3.05) is 39.7 Å². The van der Waals surface area contributed by atoms with E-state index in [1.165, 1.54) is 0 Å². The van der Waals surface area contributed by atoms with E-state index in [0.717, 1.165) is 5.56 Å². The molecule has 3 N–H and O–H groups in total. The second kappa shape index (κ2) is 11.6. The molecule has 214 valence electrons. The highest BCUT2D eigenvalue weighted by molar-refractivity contribution is 6.05. The van der Waals surface area contributed by atoms with Crippen molar-refractivity contribution in [3.8, 4) is 28.4 Å². The molecule has 0 saturated carbocycles. The lowest BCUT2D eigenvalue weighted by Gasteiger charge is -2.37. The van der Waals surface area contributed by atoms with Gasteiger partial charge in [0.15, 0.2) is 0 Å². The van der Waals surface area contributed by atoms with Crippen LogP contribution in [0.1, 0.15) is 15.9 Å². The van der Waals surface area contributed by atoms with Crippen LogP contribution in [-0.2, 0) is 0 Å². The first-order valence-corrected chi connectivity index (χ1v) is 13.1. The molecule has 1 aliphatic heterocycles. The van der Waals surface area contributed by atoms with Gasteiger partial charge in [0.1, 0.15) is 40.7 Å². The molecule has 2 heterocycles. The number of fused-ring (bicyclic) bond motifs is 1. The number of methoxy groups -OCH3 is 2. The van der Waals surface area contributed by atoms with Crippen molar-refractivity contribution in [3.05, 3.63) is 82.2 Å². The van der Waals surface area contributed by atoms with Gasteiger partial charge in [-0.1, -0.05) is 12.1 Å². The Balaban J connectivity index is 1.41. The SMILES string of the molecule is COc1cccc(-c2cc(C(=O)Nc3cc4ccc(O[C@@H]5CN(C)C[C@@H](O)[C@H]5O)c(C)c4oc3=O)ccc2OC)c1. The quantitative estimate of drug-likeness (QED) is 0.291. The lowest BCUT2D eigenvalue weighted by Crippen LogP contribution is -2.56. The molecule has 1 saturated heterocycles. The normalized spacial score (nSPS) is 19.1. The summed E-state index contributed by atoms with van der Waals surface area (Å²) in [6, 6.07) is 17.4. The summed E-state index contributed by atoms with van der Waals surface area (Å²) in [4.78, 5) is 28.0. The van der Waals surface area contributed by atoms with Crippen LogP contribution in [0.25, 0.3) is 22.1 Å². The van der Waals surface area contributed by atoms with Crippen LogP contribution in [0.15, 0.2) is 69.9 Å². The standard InChI is InChI=1S/C31H32N2O8/c1-17-25(40-27-16-33(2)15-24(34)28(27)35)10-8-19-14-23(31(37)41-29(17)19)32-30(36)20-9-11-26(39-4)22(13-20)18-6-5-7-21(12-18)38-3/h5-14,24,27-28,34-35H,15-16H2,1-4H3,(H,32,36)/t24-,27-,28-/m1/s1. The number of aliphatic hydroxyl groups is 2. The maximum absolute atomic E-state index is 13.2. The molecule has 4 aromatic rings. The van der Waals surface area contributed by atoms with Gasteiger partial charge in [0.2, 0.25) is 0 Å². The molecule has 0 aliphatic carbocycles. The van der Waals surface area contributed by atoms with Gasteiger partial charge in [0, 0.05) is 35.2 Å². The number of rotatable bonds is 7. The Kier molecular flexibility index (Phi) is 7.98. The second-order valence-electron chi connectivity index (χ2n) is 10.1. The molecule has 5 rings (SSSR count). The predicted octanol–water partition coefficient (Wildman–Crippen LogP) is 3.45. The number of carbonyl (C=O) groups is 1. The Morgan fingerprint density at radius 3 is 2.54 bits per heavy atom. The van der Waals surface area contributed by atoms with Crippen molar-refractivity contribution in [2.24, 2.45) is 0 Å². The van der Waals surface area contributed by atoms with Gasteiger partial charge >= 0.3 is 5.63 Å². The molecular formula is C31H32N2O8. The molecule has 1 amide bonds. The summed E-state index contributed by atoms with van der Waals surface area (Å²) in [6.07, 6.45) is -2.63. The van der Waals surface area contributed by atoms with E-state index >= 15 is 0 Å². The topological polar surface area (TPSA) is 131 Å². The first kappa shape index (κ1) is 28.2. The maximum Gasteiger partial charge on any atom is 0.360 e. The largest absolute Gasteiger partial charge is 0.497 e. The molecular weight excluding hydrogens is 528 g/mol. The average molecular weight is 561 g/mol. The van der Waals surface area contributed by atoms with Crippen LogP contribution in [-0.4, -0.2) is 73.7 Å². The molecule has 0 radical (unpaired) electrons. The van der Waals surface area contributed by atoms with E-state index in [0.29, 0.717) is 58.0 Å². The molecule has 0 unspecified atom stereocenters. The van der Waals surface area contributed by atoms with Crippen molar-refractivity contribution in [1.29, 1.82) is 0 Å². The third-order valence-corrected chi connectivity index (χ3v) is 7.24. The van der Waals surface area contributed by atoms with E-state index in [4.69, 9.17) is 18.6 Å². The number of β-amino-alcohol motifs (C(OH)–C–C–N with tert-alkyl or cyclic N) is 1. The summed E-state index contributed by atoms with van der Waals surface area (Å²) in [5.41, 5.74) is 1.94. The summed E-state index contributed by atoms with van der Waals surface area (Å²) in [5, 5.41) is 23.7. The summed E-state index contributed by atoms with van der Waals surface area (Å²) in [6.45, 7) is 2.52. The minimum Gasteiger partial charge on any atom is -0.497 e. The highest BCUT2D eigenvalue weighted by Gasteiger charge is 2.35. The number of likely N-dealkylation sites (tertiary alicyclic amines) is 1. The number of aryl methyl sites for hydroxylation is 1. The van der Waals surface area contributed by atoms with Crippen molar-refractivity contribution in [1.82, 2.24) is 4.90 Å². The van der Waals surface area contributed by atoms with E-state index in [1.807, 2.05) is 36.2 Å². The van der Waals surface area contributed by atoms with Gasteiger partial charge in [-0.15, -0.1) is 0 Å². The van der Waals surface area contributed by atoms with Gasteiger partial charge in [0.25, 0.3) is 5.91 Å². The van der Waals surface area contributed by atoms with Gasteiger partial charge in [-0.25, -0.2) is 4.79 Å². The van der Waals surface area contributed by atoms with Crippen LogP contribution in [0.2, 0.25) is 0 Å². The van der Waals surface area contributed by atoms with Crippen LogP contribution in [0.3, 0.4) is 0 Å². The fourth-order valence-electron chi connectivity index (χ4n) is 5.02. The minimum atomic E-state index is -1.05. The molecule has 1 aliphatic rings. The monoisotopic (exact) mass is 560 g/mol. The summed E-state index contributed by atoms with van der Waals surface area (Å²) < 4.78 is 22.5. The smallest absolute Gasteiger partial charge is 0.360 e. The van der Waals surface area contributed by atoms with Crippen LogP contribution in [0, 0.1) is 6.92 Å². The van der Waals surface area contributed by atoms with E-state index in [-0.39, 0.29) is 5.69 Å². The van der Waals surface area contributed by atoms with E-state index in [1.54, 1.807) is 57.5 Å². The predicted molar refractivity (Wildman–Crippen MR) is 154 cm³/mol. The zero-order valence-corrected chi connectivity index (χ0v) is 23.2. The third kappa shape index (κ3) is 5.76. The number of anilines is 1.